The van der Waals surface area contributed by atoms with Gasteiger partial charge in [-0.25, -0.2) is 9.97 Å². The van der Waals surface area contributed by atoms with Crippen molar-refractivity contribution in [2.45, 2.75) is 57.0 Å². The van der Waals surface area contributed by atoms with E-state index in [1.165, 1.54) is 30.5 Å². The summed E-state index contributed by atoms with van der Waals surface area (Å²) in [6, 6.07) is 0. The SMILES string of the molecule is CNc1nc(CSC(C)C)nc2c1CCCCC2. The van der Waals surface area contributed by atoms with Gasteiger partial charge in [-0.05, 0) is 30.9 Å². The second-order valence-electron chi connectivity index (χ2n) is 5.08. The summed E-state index contributed by atoms with van der Waals surface area (Å²) in [6.07, 6.45) is 6.10. The van der Waals surface area contributed by atoms with E-state index >= 15 is 0 Å². The quantitative estimate of drug-likeness (QED) is 0.846. The Balaban J connectivity index is 2.25. The summed E-state index contributed by atoms with van der Waals surface area (Å²) in [5, 5.41) is 3.88. The van der Waals surface area contributed by atoms with Crippen LogP contribution in [0.3, 0.4) is 0 Å². The maximum absolute atomic E-state index is 4.78. The molecule has 1 aliphatic carbocycles. The van der Waals surface area contributed by atoms with Gasteiger partial charge in [-0.2, -0.15) is 11.8 Å². The van der Waals surface area contributed by atoms with E-state index in [1.807, 2.05) is 18.8 Å². The fraction of sp³-hybridized carbons (Fsp3) is 0.714. The van der Waals surface area contributed by atoms with E-state index < -0.39 is 0 Å². The summed E-state index contributed by atoms with van der Waals surface area (Å²) < 4.78 is 0. The molecule has 1 N–H and O–H groups in total. The lowest BCUT2D eigenvalue weighted by Crippen LogP contribution is -2.08. The number of anilines is 1. The predicted molar refractivity (Wildman–Crippen MR) is 79.3 cm³/mol. The van der Waals surface area contributed by atoms with Crippen LogP contribution < -0.4 is 5.32 Å². The first kappa shape index (κ1) is 13.7. The molecule has 1 aliphatic rings. The largest absolute Gasteiger partial charge is 0.373 e. The molecule has 0 spiro atoms. The van der Waals surface area contributed by atoms with E-state index in [-0.39, 0.29) is 0 Å². The van der Waals surface area contributed by atoms with Crippen LogP contribution in [0.4, 0.5) is 5.82 Å². The number of nitrogens with zero attached hydrogens (tertiary/aromatic N) is 2. The Kier molecular flexibility index (Phi) is 4.87. The predicted octanol–water partition coefficient (Wildman–Crippen LogP) is 3.43. The number of aryl methyl sites for hydroxylation is 1. The van der Waals surface area contributed by atoms with E-state index in [0.29, 0.717) is 5.25 Å². The highest BCUT2D eigenvalue weighted by atomic mass is 32.2. The first-order valence-corrected chi connectivity index (χ1v) is 7.93. The first-order valence-electron chi connectivity index (χ1n) is 6.88. The summed E-state index contributed by atoms with van der Waals surface area (Å²) in [7, 11) is 1.97. The normalized spacial score (nSPS) is 15.3. The van der Waals surface area contributed by atoms with Crippen molar-refractivity contribution >= 4 is 17.6 Å². The average Bonchev–Trinajstić information content (AvgIpc) is 2.60. The van der Waals surface area contributed by atoms with Crippen molar-refractivity contribution in [3.8, 4) is 0 Å². The minimum atomic E-state index is 0.630. The smallest absolute Gasteiger partial charge is 0.140 e. The molecule has 0 saturated carbocycles. The lowest BCUT2D eigenvalue weighted by Gasteiger charge is -2.13. The highest BCUT2D eigenvalue weighted by Crippen LogP contribution is 2.26. The molecule has 0 radical (unpaired) electrons. The molecule has 0 aliphatic heterocycles. The minimum Gasteiger partial charge on any atom is -0.373 e. The number of nitrogens with one attached hydrogen (secondary N) is 1. The molecule has 1 aromatic heterocycles. The van der Waals surface area contributed by atoms with Gasteiger partial charge in [0.2, 0.25) is 0 Å². The molecule has 0 amide bonds. The van der Waals surface area contributed by atoms with Crippen LogP contribution in [0.5, 0.6) is 0 Å². The third-order valence-electron chi connectivity index (χ3n) is 3.26. The van der Waals surface area contributed by atoms with Crippen LogP contribution in [-0.4, -0.2) is 22.3 Å². The van der Waals surface area contributed by atoms with Crippen LogP contribution in [0.25, 0.3) is 0 Å². The van der Waals surface area contributed by atoms with Crippen molar-refractivity contribution in [2.75, 3.05) is 12.4 Å². The molecule has 0 bridgehead atoms. The molecule has 0 atom stereocenters. The van der Waals surface area contributed by atoms with Crippen LogP contribution in [0, 0.1) is 0 Å². The summed E-state index contributed by atoms with van der Waals surface area (Å²) in [6.45, 7) is 4.43. The molecule has 0 fully saturated rings. The molecule has 100 valence electrons. The molecule has 4 heteroatoms. The summed E-state index contributed by atoms with van der Waals surface area (Å²) in [5.41, 5.74) is 2.64. The summed E-state index contributed by atoms with van der Waals surface area (Å²) in [4.78, 5) is 9.46. The number of fused-ring (bicyclic) bond motifs is 1. The fourth-order valence-electron chi connectivity index (χ4n) is 2.33. The second-order valence-corrected chi connectivity index (χ2v) is 6.65. The third-order valence-corrected chi connectivity index (χ3v) is 4.35. The molecule has 0 unspecified atom stereocenters. The van der Waals surface area contributed by atoms with Gasteiger partial charge in [-0.1, -0.05) is 20.3 Å². The first-order chi connectivity index (χ1) is 8.70. The van der Waals surface area contributed by atoms with Gasteiger partial charge in [0.1, 0.15) is 11.6 Å². The number of rotatable bonds is 4. The summed E-state index contributed by atoms with van der Waals surface area (Å²) >= 11 is 1.91. The van der Waals surface area contributed by atoms with Crippen LogP contribution in [0.15, 0.2) is 0 Å². The van der Waals surface area contributed by atoms with Gasteiger partial charge in [0, 0.05) is 18.3 Å². The van der Waals surface area contributed by atoms with Crippen molar-refractivity contribution < 1.29 is 0 Å². The van der Waals surface area contributed by atoms with Gasteiger partial charge in [0.05, 0.1) is 5.75 Å². The zero-order chi connectivity index (χ0) is 13.0. The molecule has 2 rings (SSSR count). The van der Waals surface area contributed by atoms with E-state index in [0.717, 1.165) is 30.2 Å². The maximum atomic E-state index is 4.78. The third kappa shape index (κ3) is 3.37. The topological polar surface area (TPSA) is 37.8 Å². The Morgan fingerprint density at radius 1 is 1.17 bits per heavy atom. The van der Waals surface area contributed by atoms with Crippen molar-refractivity contribution in [1.82, 2.24) is 9.97 Å². The van der Waals surface area contributed by atoms with Crippen molar-refractivity contribution in [2.24, 2.45) is 0 Å². The number of hydrogen-bond donors (Lipinski definition) is 1. The number of aromatic nitrogens is 2. The molecule has 1 aromatic rings. The zero-order valence-electron chi connectivity index (χ0n) is 11.6. The Labute approximate surface area is 114 Å². The van der Waals surface area contributed by atoms with Crippen LogP contribution in [0.1, 0.15) is 50.2 Å². The van der Waals surface area contributed by atoms with E-state index in [9.17, 15) is 0 Å². The standard InChI is InChI=1S/C14H23N3S/c1-10(2)18-9-13-16-12-8-6-4-5-7-11(12)14(15-3)17-13/h10H,4-9H2,1-3H3,(H,15,16,17). The summed E-state index contributed by atoms with van der Waals surface area (Å²) in [5.74, 6) is 2.96. The Morgan fingerprint density at radius 2 is 1.94 bits per heavy atom. The van der Waals surface area contributed by atoms with E-state index in [1.54, 1.807) is 0 Å². The molecule has 0 aromatic carbocycles. The number of thioether (sulfide) groups is 1. The highest BCUT2D eigenvalue weighted by molar-refractivity contribution is 7.99. The second kappa shape index (κ2) is 6.41. The minimum absolute atomic E-state index is 0.630. The van der Waals surface area contributed by atoms with Gasteiger partial charge in [0.15, 0.2) is 0 Å². The van der Waals surface area contributed by atoms with Crippen molar-refractivity contribution in [3.05, 3.63) is 17.1 Å². The van der Waals surface area contributed by atoms with E-state index in [4.69, 9.17) is 4.98 Å². The highest BCUT2D eigenvalue weighted by Gasteiger charge is 2.16. The molecule has 3 nitrogen and oxygen atoms in total. The molecule has 1 heterocycles. The van der Waals surface area contributed by atoms with Crippen LogP contribution >= 0.6 is 11.8 Å². The number of hydrogen-bond acceptors (Lipinski definition) is 4. The molecular formula is C14H23N3S. The van der Waals surface area contributed by atoms with E-state index in [2.05, 4.69) is 24.1 Å². The lowest BCUT2D eigenvalue weighted by molar-refractivity contribution is 0.708. The van der Waals surface area contributed by atoms with Crippen molar-refractivity contribution in [3.63, 3.8) is 0 Å². The Bertz CT molecular complexity index is 404. The maximum Gasteiger partial charge on any atom is 0.140 e. The van der Waals surface area contributed by atoms with Crippen LogP contribution in [0.2, 0.25) is 0 Å². The Morgan fingerprint density at radius 3 is 2.67 bits per heavy atom. The van der Waals surface area contributed by atoms with Crippen LogP contribution in [-0.2, 0) is 18.6 Å². The van der Waals surface area contributed by atoms with Gasteiger partial charge < -0.3 is 5.32 Å². The molecule has 18 heavy (non-hydrogen) atoms. The Hall–Kier alpha value is -0.770. The van der Waals surface area contributed by atoms with Gasteiger partial charge in [-0.15, -0.1) is 0 Å². The van der Waals surface area contributed by atoms with Gasteiger partial charge in [0.25, 0.3) is 0 Å². The fourth-order valence-corrected chi connectivity index (χ4v) is 2.95. The van der Waals surface area contributed by atoms with Gasteiger partial charge in [-0.3, -0.25) is 0 Å². The van der Waals surface area contributed by atoms with Gasteiger partial charge >= 0.3 is 0 Å². The monoisotopic (exact) mass is 265 g/mol. The average molecular weight is 265 g/mol. The zero-order valence-corrected chi connectivity index (χ0v) is 12.4. The van der Waals surface area contributed by atoms with Crippen molar-refractivity contribution in [1.29, 1.82) is 0 Å². The molecule has 0 saturated heterocycles. The molecular weight excluding hydrogens is 242 g/mol. The lowest BCUT2D eigenvalue weighted by atomic mass is 10.1.